The number of hydrogen-bond acceptors (Lipinski definition) is 3. The SMILES string of the molecule is Cc1ccccc1Nc1cc(C(=O)O)ccn1. The first-order valence-corrected chi connectivity index (χ1v) is 5.19. The van der Waals surface area contributed by atoms with Crippen molar-refractivity contribution in [2.75, 3.05) is 5.32 Å². The van der Waals surface area contributed by atoms with Crippen LogP contribution < -0.4 is 5.32 Å². The molecule has 0 saturated carbocycles. The summed E-state index contributed by atoms with van der Waals surface area (Å²) in [5, 5.41) is 12.0. The van der Waals surface area contributed by atoms with Gasteiger partial charge in [0.2, 0.25) is 0 Å². The number of para-hydroxylation sites is 1. The van der Waals surface area contributed by atoms with Crippen LogP contribution in [0.15, 0.2) is 42.6 Å². The van der Waals surface area contributed by atoms with Gasteiger partial charge in [0.25, 0.3) is 0 Å². The second-order valence-electron chi connectivity index (χ2n) is 3.67. The van der Waals surface area contributed by atoms with E-state index in [9.17, 15) is 4.79 Å². The molecule has 0 spiro atoms. The number of pyridine rings is 1. The maximum Gasteiger partial charge on any atom is 0.335 e. The summed E-state index contributed by atoms with van der Waals surface area (Å²) >= 11 is 0. The van der Waals surface area contributed by atoms with Gasteiger partial charge in [-0.2, -0.15) is 0 Å². The average Bonchev–Trinajstić information content (AvgIpc) is 2.32. The summed E-state index contributed by atoms with van der Waals surface area (Å²) in [6.07, 6.45) is 1.48. The smallest absolute Gasteiger partial charge is 0.335 e. The van der Waals surface area contributed by atoms with Gasteiger partial charge in [-0.1, -0.05) is 18.2 Å². The summed E-state index contributed by atoms with van der Waals surface area (Å²) in [5.41, 5.74) is 2.22. The van der Waals surface area contributed by atoms with Crippen LogP contribution in [0.25, 0.3) is 0 Å². The molecule has 0 unspecified atom stereocenters. The normalized spacial score (nSPS) is 9.94. The molecular formula is C13H12N2O2. The van der Waals surface area contributed by atoms with Gasteiger partial charge in [-0.15, -0.1) is 0 Å². The number of aromatic carboxylic acids is 1. The number of carboxylic acids is 1. The van der Waals surface area contributed by atoms with Gasteiger partial charge >= 0.3 is 5.97 Å². The van der Waals surface area contributed by atoms with Gasteiger partial charge in [-0.3, -0.25) is 0 Å². The summed E-state index contributed by atoms with van der Waals surface area (Å²) in [6.45, 7) is 1.98. The van der Waals surface area contributed by atoms with E-state index < -0.39 is 5.97 Å². The Labute approximate surface area is 98.9 Å². The van der Waals surface area contributed by atoms with E-state index in [-0.39, 0.29) is 5.56 Å². The Morgan fingerprint density at radius 2 is 2.06 bits per heavy atom. The number of aryl methyl sites for hydroxylation is 1. The summed E-state index contributed by atoms with van der Waals surface area (Å²) in [4.78, 5) is 14.9. The van der Waals surface area contributed by atoms with Gasteiger partial charge in [-0.25, -0.2) is 9.78 Å². The van der Waals surface area contributed by atoms with Crippen LogP contribution in [0.4, 0.5) is 11.5 Å². The minimum atomic E-state index is -0.958. The van der Waals surface area contributed by atoms with E-state index in [4.69, 9.17) is 5.11 Å². The molecule has 1 heterocycles. The van der Waals surface area contributed by atoms with E-state index in [1.165, 1.54) is 18.3 Å². The Kier molecular flexibility index (Phi) is 3.05. The van der Waals surface area contributed by atoms with Crippen molar-refractivity contribution in [1.82, 2.24) is 4.98 Å². The Morgan fingerprint density at radius 1 is 1.29 bits per heavy atom. The van der Waals surface area contributed by atoms with Gasteiger partial charge in [0, 0.05) is 11.9 Å². The zero-order valence-electron chi connectivity index (χ0n) is 9.34. The van der Waals surface area contributed by atoms with Crippen LogP contribution in [-0.4, -0.2) is 16.1 Å². The van der Waals surface area contributed by atoms with Crippen molar-refractivity contribution in [2.45, 2.75) is 6.92 Å². The number of anilines is 2. The third kappa shape index (κ3) is 2.60. The molecule has 2 N–H and O–H groups in total. The van der Waals surface area contributed by atoms with Crippen LogP contribution in [0.2, 0.25) is 0 Å². The quantitative estimate of drug-likeness (QED) is 0.847. The number of benzene rings is 1. The monoisotopic (exact) mass is 228 g/mol. The molecule has 2 rings (SSSR count). The number of aromatic nitrogens is 1. The topological polar surface area (TPSA) is 62.2 Å². The Balaban J connectivity index is 2.28. The lowest BCUT2D eigenvalue weighted by Crippen LogP contribution is -2.00. The van der Waals surface area contributed by atoms with Crippen LogP contribution >= 0.6 is 0 Å². The summed E-state index contributed by atoms with van der Waals surface area (Å²) in [7, 11) is 0. The predicted octanol–water partition coefficient (Wildman–Crippen LogP) is 2.83. The first-order chi connectivity index (χ1) is 8.16. The lowest BCUT2D eigenvalue weighted by Gasteiger charge is -2.08. The van der Waals surface area contributed by atoms with Crippen LogP contribution in [0.1, 0.15) is 15.9 Å². The maximum absolute atomic E-state index is 10.8. The first kappa shape index (κ1) is 11.1. The highest BCUT2D eigenvalue weighted by Gasteiger charge is 2.04. The molecule has 0 aliphatic rings. The lowest BCUT2D eigenvalue weighted by molar-refractivity contribution is 0.0697. The van der Waals surface area contributed by atoms with E-state index in [0.29, 0.717) is 5.82 Å². The molecular weight excluding hydrogens is 216 g/mol. The highest BCUT2D eigenvalue weighted by atomic mass is 16.4. The molecule has 0 saturated heterocycles. The third-order valence-electron chi connectivity index (χ3n) is 2.41. The summed E-state index contributed by atoms with van der Waals surface area (Å²) in [6, 6.07) is 10.7. The van der Waals surface area contributed by atoms with Crippen LogP contribution in [0.3, 0.4) is 0 Å². The van der Waals surface area contributed by atoms with Gasteiger partial charge in [-0.05, 0) is 30.7 Å². The highest BCUT2D eigenvalue weighted by Crippen LogP contribution is 2.18. The standard InChI is InChI=1S/C13H12N2O2/c1-9-4-2-3-5-11(9)15-12-8-10(13(16)17)6-7-14-12/h2-8H,1H3,(H,14,15)(H,16,17). The first-order valence-electron chi connectivity index (χ1n) is 5.19. The molecule has 4 nitrogen and oxygen atoms in total. The lowest BCUT2D eigenvalue weighted by atomic mass is 10.2. The van der Waals surface area contributed by atoms with Crippen molar-refractivity contribution in [2.24, 2.45) is 0 Å². The second kappa shape index (κ2) is 4.65. The van der Waals surface area contributed by atoms with E-state index >= 15 is 0 Å². The molecule has 17 heavy (non-hydrogen) atoms. The fourth-order valence-corrected chi connectivity index (χ4v) is 1.48. The molecule has 1 aromatic heterocycles. The highest BCUT2D eigenvalue weighted by molar-refractivity contribution is 5.88. The van der Waals surface area contributed by atoms with E-state index in [0.717, 1.165) is 11.3 Å². The summed E-state index contributed by atoms with van der Waals surface area (Å²) < 4.78 is 0. The van der Waals surface area contributed by atoms with Crippen LogP contribution in [0, 0.1) is 6.92 Å². The fraction of sp³-hybridized carbons (Fsp3) is 0.0769. The number of rotatable bonds is 3. The van der Waals surface area contributed by atoms with Crippen LogP contribution in [0.5, 0.6) is 0 Å². The van der Waals surface area contributed by atoms with E-state index in [1.807, 2.05) is 31.2 Å². The third-order valence-corrected chi connectivity index (χ3v) is 2.41. The molecule has 0 bridgehead atoms. The fourth-order valence-electron chi connectivity index (χ4n) is 1.48. The van der Waals surface area contributed by atoms with Crippen molar-refractivity contribution in [3.05, 3.63) is 53.7 Å². The van der Waals surface area contributed by atoms with E-state index in [1.54, 1.807) is 0 Å². The minimum absolute atomic E-state index is 0.219. The number of nitrogens with zero attached hydrogens (tertiary/aromatic N) is 1. The number of carbonyl (C=O) groups is 1. The number of hydrogen-bond donors (Lipinski definition) is 2. The average molecular weight is 228 g/mol. The number of nitrogens with one attached hydrogen (secondary N) is 1. The largest absolute Gasteiger partial charge is 0.478 e. The van der Waals surface area contributed by atoms with Crippen molar-refractivity contribution < 1.29 is 9.90 Å². The molecule has 2 aromatic rings. The predicted molar refractivity (Wildman–Crippen MR) is 65.7 cm³/mol. The Morgan fingerprint density at radius 3 is 2.76 bits per heavy atom. The zero-order valence-corrected chi connectivity index (χ0v) is 9.34. The van der Waals surface area contributed by atoms with Crippen LogP contribution in [-0.2, 0) is 0 Å². The molecule has 0 atom stereocenters. The van der Waals surface area contributed by atoms with Crippen molar-refractivity contribution in [3.63, 3.8) is 0 Å². The molecule has 0 fully saturated rings. The van der Waals surface area contributed by atoms with E-state index in [2.05, 4.69) is 10.3 Å². The minimum Gasteiger partial charge on any atom is -0.478 e. The second-order valence-corrected chi connectivity index (χ2v) is 3.67. The van der Waals surface area contributed by atoms with Crippen molar-refractivity contribution >= 4 is 17.5 Å². The molecule has 0 aliphatic carbocycles. The molecule has 0 amide bonds. The van der Waals surface area contributed by atoms with Gasteiger partial charge < -0.3 is 10.4 Å². The molecule has 0 radical (unpaired) electrons. The molecule has 1 aromatic carbocycles. The molecule has 4 heteroatoms. The van der Waals surface area contributed by atoms with Crippen molar-refractivity contribution in [3.8, 4) is 0 Å². The molecule has 0 aliphatic heterocycles. The van der Waals surface area contributed by atoms with Crippen molar-refractivity contribution in [1.29, 1.82) is 0 Å². The van der Waals surface area contributed by atoms with Gasteiger partial charge in [0.15, 0.2) is 0 Å². The summed E-state index contributed by atoms with van der Waals surface area (Å²) in [5.74, 6) is -0.431. The molecule has 86 valence electrons. The Bertz CT molecular complexity index is 553. The maximum atomic E-state index is 10.8. The van der Waals surface area contributed by atoms with Gasteiger partial charge in [0.1, 0.15) is 5.82 Å². The van der Waals surface area contributed by atoms with Gasteiger partial charge in [0.05, 0.1) is 5.56 Å². The number of carboxylic acid groups (broad SMARTS) is 1. The Hall–Kier alpha value is -2.36. The zero-order chi connectivity index (χ0) is 12.3.